The number of aliphatic hydroxyl groups is 1. The third-order valence-electron chi connectivity index (χ3n) is 3.97. The molecule has 3 N–H and O–H groups in total. The van der Waals surface area contributed by atoms with E-state index in [9.17, 15) is 5.11 Å². The van der Waals surface area contributed by atoms with Gasteiger partial charge in [-0.25, -0.2) is 0 Å². The fourth-order valence-electron chi connectivity index (χ4n) is 2.96. The van der Waals surface area contributed by atoms with Crippen LogP contribution >= 0.6 is 0 Å². The van der Waals surface area contributed by atoms with Crippen molar-refractivity contribution in [2.24, 2.45) is 11.7 Å². The van der Waals surface area contributed by atoms with Crippen LogP contribution in [0.5, 0.6) is 0 Å². The van der Waals surface area contributed by atoms with Crippen molar-refractivity contribution in [3.8, 4) is 0 Å². The number of hydrogen-bond acceptors (Lipinski definition) is 3. The lowest BCUT2D eigenvalue weighted by Crippen LogP contribution is -2.38. The average Bonchev–Trinajstić information content (AvgIpc) is 2.79. The summed E-state index contributed by atoms with van der Waals surface area (Å²) in [4.78, 5) is 2.41. The van der Waals surface area contributed by atoms with Crippen molar-refractivity contribution in [1.29, 1.82) is 0 Å². The predicted octanol–water partition coefficient (Wildman–Crippen LogP) is 1.78. The minimum absolute atomic E-state index is 0.0974. The van der Waals surface area contributed by atoms with Gasteiger partial charge in [-0.15, -0.1) is 0 Å². The lowest BCUT2D eigenvalue weighted by molar-refractivity contribution is 0.119. The second-order valence-electron chi connectivity index (χ2n) is 5.50. The molecule has 1 aromatic carbocycles. The second-order valence-corrected chi connectivity index (χ2v) is 5.50. The topological polar surface area (TPSA) is 49.5 Å². The molecule has 0 aliphatic carbocycles. The largest absolute Gasteiger partial charge is 0.393 e. The molecular formula is C15H24N2O. The van der Waals surface area contributed by atoms with Crippen LogP contribution in [0.15, 0.2) is 30.3 Å². The average molecular weight is 248 g/mol. The van der Waals surface area contributed by atoms with Gasteiger partial charge < -0.3 is 10.8 Å². The maximum atomic E-state index is 9.70. The third-order valence-corrected chi connectivity index (χ3v) is 3.97. The summed E-state index contributed by atoms with van der Waals surface area (Å²) in [6, 6.07) is 10.8. The van der Waals surface area contributed by atoms with Crippen LogP contribution in [0.4, 0.5) is 0 Å². The maximum Gasteiger partial charge on any atom is 0.0552 e. The molecule has 18 heavy (non-hydrogen) atoms. The summed E-state index contributed by atoms with van der Waals surface area (Å²) in [5, 5.41) is 9.70. The Hall–Kier alpha value is -0.900. The lowest BCUT2D eigenvalue weighted by atomic mass is 9.99. The number of likely N-dealkylation sites (tertiary alicyclic amines) is 1. The molecule has 0 radical (unpaired) electrons. The Morgan fingerprint density at radius 1 is 1.28 bits per heavy atom. The standard InChI is InChI=1S/C15H24N2O/c1-11(16)15(13-6-4-3-5-7-13)17-9-8-14(10-17)12(2)18/h3-7,11-12,14-15,18H,8-10,16H2,1-2H3. The monoisotopic (exact) mass is 248 g/mol. The Morgan fingerprint density at radius 2 is 1.94 bits per heavy atom. The van der Waals surface area contributed by atoms with E-state index in [1.807, 2.05) is 13.0 Å². The molecular weight excluding hydrogens is 224 g/mol. The smallest absolute Gasteiger partial charge is 0.0552 e. The quantitative estimate of drug-likeness (QED) is 0.854. The minimum Gasteiger partial charge on any atom is -0.393 e. The van der Waals surface area contributed by atoms with Crippen LogP contribution in [-0.4, -0.2) is 35.2 Å². The summed E-state index contributed by atoms with van der Waals surface area (Å²) in [6.07, 6.45) is 0.841. The highest BCUT2D eigenvalue weighted by Crippen LogP contribution is 2.30. The van der Waals surface area contributed by atoms with Gasteiger partial charge in [-0.3, -0.25) is 4.90 Å². The molecule has 0 spiro atoms. The number of nitrogens with two attached hydrogens (primary N) is 1. The predicted molar refractivity (Wildman–Crippen MR) is 74.2 cm³/mol. The van der Waals surface area contributed by atoms with E-state index >= 15 is 0 Å². The van der Waals surface area contributed by atoms with Gasteiger partial charge in [0.2, 0.25) is 0 Å². The highest BCUT2D eigenvalue weighted by atomic mass is 16.3. The molecule has 2 rings (SSSR count). The maximum absolute atomic E-state index is 9.70. The first-order valence-electron chi connectivity index (χ1n) is 6.82. The molecule has 1 heterocycles. The number of rotatable bonds is 4. The molecule has 1 aliphatic heterocycles. The molecule has 1 aromatic rings. The molecule has 1 aliphatic rings. The fraction of sp³-hybridized carbons (Fsp3) is 0.600. The van der Waals surface area contributed by atoms with Gasteiger partial charge in [0, 0.05) is 18.6 Å². The summed E-state index contributed by atoms with van der Waals surface area (Å²) < 4.78 is 0. The van der Waals surface area contributed by atoms with E-state index in [0.29, 0.717) is 5.92 Å². The molecule has 3 heteroatoms. The Morgan fingerprint density at radius 3 is 2.44 bits per heavy atom. The third kappa shape index (κ3) is 2.91. The zero-order chi connectivity index (χ0) is 13.1. The van der Waals surface area contributed by atoms with Crippen molar-refractivity contribution < 1.29 is 5.11 Å². The zero-order valence-corrected chi connectivity index (χ0v) is 11.3. The summed E-state index contributed by atoms with van der Waals surface area (Å²) in [5.41, 5.74) is 7.44. The minimum atomic E-state index is -0.223. The first-order chi connectivity index (χ1) is 8.59. The van der Waals surface area contributed by atoms with Gasteiger partial charge >= 0.3 is 0 Å². The summed E-state index contributed by atoms with van der Waals surface area (Å²) in [6.45, 7) is 5.92. The number of aliphatic hydroxyl groups excluding tert-OH is 1. The van der Waals surface area contributed by atoms with E-state index in [2.05, 4.69) is 36.1 Å². The van der Waals surface area contributed by atoms with E-state index in [0.717, 1.165) is 19.5 Å². The Bertz CT molecular complexity index is 364. The Kier molecular flexibility index (Phi) is 4.38. The van der Waals surface area contributed by atoms with Crippen LogP contribution in [0.1, 0.15) is 31.9 Å². The SMILES string of the molecule is CC(N)C(c1ccccc1)N1CCC(C(C)O)C1. The van der Waals surface area contributed by atoms with Gasteiger partial charge in [0.05, 0.1) is 6.10 Å². The van der Waals surface area contributed by atoms with Gasteiger partial charge in [0.15, 0.2) is 0 Å². The van der Waals surface area contributed by atoms with Crippen LogP contribution in [0, 0.1) is 5.92 Å². The summed E-state index contributed by atoms with van der Waals surface area (Å²) in [7, 11) is 0. The van der Waals surface area contributed by atoms with Crippen molar-refractivity contribution in [2.45, 2.75) is 38.5 Å². The Labute approximate surface area is 110 Å². The van der Waals surface area contributed by atoms with Crippen molar-refractivity contribution in [1.82, 2.24) is 4.90 Å². The van der Waals surface area contributed by atoms with Crippen molar-refractivity contribution in [3.05, 3.63) is 35.9 Å². The van der Waals surface area contributed by atoms with E-state index in [-0.39, 0.29) is 18.2 Å². The van der Waals surface area contributed by atoms with Crippen LogP contribution in [-0.2, 0) is 0 Å². The summed E-state index contributed by atoms with van der Waals surface area (Å²) in [5.74, 6) is 0.384. The van der Waals surface area contributed by atoms with Gasteiger partial charge in [-0.2, -0.15) is 0 Å². The van der Waals surface area contributed by atoms with E-state index in [1.165, 1.54) is 5.56 Å². The number of nitrogens with zero attached hydrogens (tertiary/aromatic N) is 1. The van der Waals surface area contributed by atoms with Crippen molar-refractivity contribution in [3.63, 3.8) is 0 Å². The normalized spacial score (nSPS) is 25.9. The lowest BCUT2D eigenvalue weighted by Gasteiger charge is -2.31. The highest BCUT2D eigenvalue weighted by Gasteiger charge is 2.32. The van der Waals surface area contributed by atoms with E-state index < -0.39 is 0 Å². The molecule has 100 valence electrons. The number of hydrogen-bond donors (Lipinski definition) is 2. The molecule has 3 nitrogen and oxygen atoms in total. The van der Waals surface area contributed by atoms with Gasteiger partial charge in [0.1, 0.15) is 0 Å². The molecule has 0 amide bonds. The zero-order valence-electron chi connectivity index (χ0n) is 11.3. The first kappa shape index (κ1) is 13.5. The molecule has 0 aromatic heterocycles. The highest BCUT2D eigenvalue weighted by molar-refractivity contribution is 5.21. The van der Waals surface area contributed by atoms with Gasteiger partial charge in [-0.05, 0) is 38.3 Å². The fourth-order valence-corrected chi connectivity index (χ4v) is 2.96. The molecule has 0 bridgehead atoms. The van der Waals surface area contributed by atoms with Gasteiger partial charge in [-0.1, -0.05) is 30.3 Å². The molecule has 1 saturated heterocycles. The van der Waals surface area contributed by atoms with Crippen molar-refractivity contribution in [2.75, 3.05) is 13.1 Å². The number of benzene rings is 1. The van der Waals surface area contributed by atoms with Crippen LogP contribution in [0.3, 0.4) is 0 Å². The molecule has 1 fully saturated rings. The first-order valence-corrected chi connectivity index (χ1v) is 6.82. The molecule has 0 saturated carbocycles. The molecule has 4 unspecified atom stereocenters. The van der Waals surface area contributed by atoms with Crippen molar-refractivity contribution >= 4 is 0 Å². The van der Waals surface area contributed by atoms with E-state index in [1.54, 1.807) is 0 Å². The molecule has 4 atom stereocenters. The van der Waals surface area contributed by atoms with Gasteiger partial charge in [0.25, 0.3) is 0 Å². The van der Waals surface area contributed by atoms with Crippen LogP contribution in [0.2, 0.25) is 0 Å². The summed E-state index contributed by atoms with van der Waals surface area (Å²) >= 11 is 0. The van der Waals surface area contributed by atoms with E-state index in [4.69, 9.17) is 5.73 Å². The van der Waals surface area contributed by atoms with Crippen LogP contribution in [0.25, 0.3) is 0 Å². The Balaban J connectivity index is 2.13. The second kappa shape index (κ2) is 5.83. The van der Waals surface area contributed by atoms with Crippen LogP contribution < -0.4 is 5.73 Å².